The van der Waals surface area contributed by atoms with Gasteiger partial charge < -0.3 is 26.8 Å². The lowest BCUT2D eigenvalue weighted by molar-refractivity contribution is -0.139. The molecule has 1 aromatic carbocycles. The molecule has 31 heavy (non-hydrogen) atoms. The van der Waals surface area contributed by atoms with Crippen molar-refractivity contribution in [3.8, 4) is 0 Å². The molecule has 4 unspecified atom stereocenters. The summed E-state index contributed by atoms with van der Waals surface area (Å²) in [7, 11) is 0. The van der Waals surface area contributed by atoms with Crippen LogP contribution in [0.5, 0.6) is 0 Å². The van der Waals surface area contributed by atoms with E-state index < -0.39 is 48.4 Å². The van der Waals surface area contributed by atoms with Gasteiger partial charge in [-0.05, 0) is 17.4 Å². The monoisotopic (exact) mass is 434 g/mol. The molecule has 9 nitrogen and oxygen atoms in total. The van der Waals surface area contributed by atoms with Crippen molar-refractivity contribution in [3.05, 3.63) is 35.9 Å². The number of amides is 3. The van der Waals surface area contributed by atoms with E-state index in [2.05, 4.69) is 16.0 Å². The number of aliphatic carboxylic acids is 1. The Kier molecular flexibility index (Phi) is 10.7. The molecule has 0 aliphatic carbocycles. The van der Waals surface area contributed by atoms with Crippen molar-refractivity contribution < 1.29 is 24.3 Å². The summed E-state index contributed by atoms with van der Waals surface area (Å²) >= 11 is 0. The molecule has 0 aromatic heterocycles. The number of carboxylic acids is 1. The van der Waals surface area contributed by atoms with E-state index in [4.69, 9.17) is 10.8 Å². The summed E-state index contributed by atoms with van der Waals surface area (Å²) in [6.45, 7) is 6.70. The summed E-state index contributed by atoms with van der Waals surface area (Å²) in [6.07, 6.45) is 0.927. The second-order valence-corrected chi connectivity index (χ2v) is 8.00. The normalized spacial score (nSPS) is 14.8. The van der Waals surface area contributed by atoms with Crippen molar-refractivity contribution >= 4 is 23.7 Å². The summed E-state index contributed by atoms with van der Waals surface area (Å²) in [5.41, 5.74) is 6.85. The second-order valence-electron chi connectivity index (χ2n) is 8.00. The first-order valence-electron chi connectivity index (χ1n) is 10.5. The number of carboxylic acid groups (broad SMARTS) is 1. The Balaban J connectivity index is 3.00. The van der Waals surface area contributed by atoms with Crippen LogP contribution in [0, 0.1) is 11.8 Å². The molecule has 0 heterocycles. The Labute approximate surface area is 183 Å². The lowest BCUT2D eigenvalue weighted by Gasteiger charge is -2.26. The molecule has 0 fully saturated rings. The topological polar surface area (TPSA) is 151 Å². The molecule has 0 saturated heterocycles. The lowest BCUT2D eigenvalue weighted by atomic mass is 9.97. The summed E-state index contributed by atoms with van der Waals surface area (Å²) in [5, 5.41) is 16.4. The van der Waals surface area contributed by atoms with Crippen LogP contribution < -0.4 is 21.7 Å². The molecule has 0 radical (unpaired) electrons. The zero-order chi connectivity index (χ0) is 23.6. The standard InChI is InChI=1S/C22H34N4O5/c1-5-14(4)18(23)21(30)25-16(11-15-9-7-6-8-10-15)20(29)26-19(13(2)3)22(31)24-12-17(27)28/h6-10,13-14,16,18-19H,5,11-12,23H2,1-4H3,(H,24,31)(H,25,30)(H,26,29)(H,27,28). The third-order valence-electron chi connectivity index (χ3n) is 5.14. The highest BCUT2D eigenvalue weighted by atomic mass is 16.4. The number of carbonyl (C=O) groups excluding carboxylic acids is 3. The molecule has 6 N–H and O–H groups in total. The molecule has 0 aliphatic heterocycles. The van der Waals surface area contributed by atoms with Gasteiger partial charge in [0, 0.05) is 6.42 Å². The number of rotatable bonds is 12. The predicted molar refractivity (Wildman–Crippen MR) is 117 cm³/mol. The minimum Gasteiger partial charge on any atom is -0.480 e. The quantitative estimate of drug-likeness (QED) is 0.322. The number of hydrogen-bond acceptors (Lipinski definition) is 5. The first kappa shape index (κ1) is 26.1. The largest absolute Gasteiger partial charge is 0.480 e. The van der Waals surface area contributed by atoms with E-state index in [9.17, 15) is 19.2 Å². The molecular weight excluding hydrogens is 400 g/mol. The second kappa shape index (κ2) is 12.7. The Morgan fingerprint density at radius 3 is 2.10 bits per heavy atom. The number of hydrogen-bond donors (Lipinski definition) is 5. The van der Waals surface area contributed by atoms with Crippen molar-refractivity contribution in [3.63, 3.8) is 0 Å². The number of carbonyl (C=O) groups is 4. The fraction of sp³-hybridized carbons (Fsp3) is 0.545. The Morgan fingerprint density at radius 1 is 0.968 bits per heavy atom. The first-order chi connectivity index (χ1) is 14.6. The zero-order valence-electron chi connectivity index (χ0n) is 18.6. The zero-order valence-corrected chi connectivity index (χ0v) is 18.6. The maximum atomic E-state index is 13.0. The summed E-state index contributed by atoms with van der Waals surface area (Å²) in [5.74, 6) is -3.14. The van der Waals surface area contributed by atoms with Gasteiger partial charge in [-0.25, -0.2) is 0 Å². The van der Waals surface area contributed by atoms with Gasteiger partial charge in [0.2, 0.25) is 17.7 Å². The van der Waals surface area contributed by atoms with Crippen LogP contribution in [-0.4, -0.2) is 53.5 Å². The van der Waals surface area contributed by atoms with Crippen LogP contribution in [0.25, 0.3) is 0 Å². The number of benzene rings is 1. The van der Waals surface area contributed by atoms with Gasteiger partial charge in [-0.15, -0.1) is 0 Å². The van der Waals surface area contributed by atoms with Crippen molar-refractivity contribution in [2.24, 2.45) is 17.6 Å². The smallest absolute Gasteiger partial charge is 0.322 e. The highest BCUT2D eigenvalue weighted by molar-refractivity contribution is 5.94. The van der Waals surface area contributed by atoms with Gasteiger partial charge >= 0.3 is 5.97 Å². The van der Waals surface area contributed by atoms with Crippen LogP contribution in [0.4, 0.5) is 0 Å². The van der Waals surface area contributed by atoms with E-state index in [1.807, 2.05) is 44.2 Å². The minimum absolute atomic E-state index is 0.0642. The van der Waals surface area contributed by atoms with Gasteiger partial charge in [-0.1, -0.05) is 64.4 Å². The molecule has 3 amide bonds. The van der Waals surface area contributed by atoms with Crippen LogP contribution in [0.1, 0.15) is 39.7 Å². The Morgan fingerprint density at radius 2 is 1.58 bits per heavy atom. The molecule has 1 rings (SSSR count). The fourth-order valence-corrected chi connectivity index (χ4v) is 2.90. The van der Waals surface area contributed by atoms with Gasteiger partial charge in [-0.3, -0.25) is 19.2 Å². The lowest BCUT2D eigenvalue weighted by Crippen LogP contribution is -2.58. The van der Waals surface area contributed by atoms with Crippen LogP contribution in [0.2, 0.25) is 0 Å². The average Bonchev–Trinajstić information content (AvgIpc) is 2.74. The first-order valence-corrected chi connectivity index (χ1v) is 10.5. The molecule has 0 bridgehead atoms. The van der Waals surface area contributed by atoms with Gasteiger partial charge in [0.25, 0.3) is 0 Å². The third kappa shape index (κ3) is 8.75. The van der Waals surface area contributed by atoms with Gasteiger partial charge in [0.15, 0.2) is 0 Å². The maximum absolute atomic E-state index is 13.0. The van der Waals surface area contributed by atoms with Crippen molar-refractivity contribution in [2.75, 3.05) is 6.54 Å². The van der Waals surface area contributed by atoms with Gasteiger partial charge in [-0.2, -0.15) is 0 Å². The molecule has 0 spiro atoms. The van der Waals surface area contributed by atoms with Crippen molar-refractivity contribution in [1.82, 2.24) is 16.0 Å². The number of nitrogens with one attached hydrogen (secondary N) is 3. The average molecular weight is 435 g/mol. The summed E-state index contributed by atoms with van der Waals surface area (Å²) < 4.78 is 0. The number of nitrogens with two attached hydrogens (primary N) is 1. The molecule has 1 aromatic rings. The van der Waals surface area contributed by atoms with Crippen LogP contribution in [0.3, 0.4) is 0 Å². The molecule has 0 saturated carbocycles. The van der Waals surface area contributed by atoms with Gasteiger partial charge in [0.1, 0.15) is 18.6 Å². The Hall–Kier alpha value is -2.94. The SMILES string of the molecule is CCC(C)C(N)C(=O)NC(Cc1ccccc1)C(=O)NC(C(=O)NCC(=O)O)C(C)C. The van der Waals surface area contributed by atoms with Crippen LogP contribution >= 0.6 is 0 Å². The van der Waals surface area contributed by atoms with Crippen molar-refractivity contribution in [1.29, 1.82) is 0 Å². The minimum atomic E-state index is -1.18. The molecule has 0 aliphatic rings. The summed E-state index contributed by atoms with van der Waals surface area (Å²) in [6, 6.07) is 6.50. The van der Waals surface area contributed by atoms with E-state index in [1.165, 1.54) is 0 Å². The van der Waals surface area contributed by atoms with E-state index in [1.54, 1.807) is 13.8 Å². The van der Waals surface area contributed by atoms with Gasteiger partial charge in [0.05, 0.1) is 6.04 Å². The predicted octanol–water partition coefficient (Wildman–Crippen LogP) is 0.429. The van der Waals surface area contributed by atoms with Crippen LogP contribution in [-0.2, 0) is 25.6 Å². The summed E-state index contributed by atoms with van der Waals surface area (Å²) in [4.78, 5) is 48.8. The Bertz CT molecular complexity index is 754. The van der Waals surface area contributed by atoms with E-state index in [0.717, 1.165) is 5.56 Å². The highest BCUT2D eigenvalue weighted by Crippen LogP contribution is 2.09. The molecule has 172 valence electrons. The molecule has 4 atom stereocenters. The maximum Gasteiger partial charge on any atom is 0.322 e. The van der Waals surface area contributed by atoms with E-state index in [-0.39, 0.29) is 18.3 Å². The van der Waals surface area contributed by atoms with E-state index in [0.29, 0.717) is 6.42 Å². The molecule has 9 heteroatoms. The molecular formula is C22H34N4O5. The fourth-order valence-electron chi connectivity index (χ4n) is 2.90. The van der Waals surface area contributed by atoms with Crippen LogP contribution in [0.15, 0.2) is 30.3 Å². The van der Waals surface area contributed by atoms with Crippen molar-refractivity contribution in [2.45, 2.75) is 58.7 Å². The van der Waals surface area contributed by atoms with E-state index >= 15 is 0 Å². The highest BCUT2D eigenvalue weighted by Gasteiger charge is 2.30. The third-order valence-corrected chi connectivity index (χ3v) is 5.14.